The predicted molar refractivity (Wildman–Crippen MR) is 99.8 cm³/mol. The van der Waals surface area contributed by atoms with Gasteiger partial charge in [-0.3, -0.25) is 5.32 Å². The molecule has 2 N–H and O–H groups in total. The molecule has 0 saturated carbocycles. The van der Waals surface area contributed by atoms with Crippen LogP contribution in [0.15, 0.2) is 6.07 Å². The highest BCUT2D eigenvalue weighted by molar-refractivity contribution is 5.88. The number of nitrogens with zero attached hydrogens (tertiary/aromatic N) is 4. The van der Waals surface area contributed by atoms with Gasteiger partial charge in [0.25, 0.3) is 0 Å². The highest BCUT2D eigenvalue weighted by atomic mass is 16.3. The maximum Gasteiger partial charge on any atom is 0.323 e. The van der Waals surface area contributed by atoms with Crippen LogP contribution < -0.4 is 5.32 Å². The van der Waals surface area contributed by atoms with Crippen LogP contribution in [-0.4, -0.2) is 70.0 Å². The number of hydrogen-bond acceptors (Lipinski definition) is 4. The summed E-state index contributed by atoms with van der Waals surface area (Å²) in [6.45, 7) is 6.75. The molecule has 7 heteroatoms. The first-order chi connectivity index (χ1) is 11.8. The van der Waals surface area contributed by atoms with Crippen LogP contribution in [0.2, 0.25) is 0 Å². The van der Waals surface area contributed by atoms with E-state index in [9.17, 15) is 9.90 Å². The highest BCUT2D eigenvalue weighted by Crippen LogP contribution is 2.23. The molecule has 25 heavy (non-hydrogen) atoms. The van der Waals surface area contributed by atoms with Gasteiger partial charge in [0.2, 0.25) is 0 Å². The van der Waals surface area contributed by atoms with Crippen LogP contribution in [0.1, 0.15) is 44.7 Å². The average Bonchev–Trinajstić information content (AvgIpc) is 2.74. The molecule has 1 saturated heterocycles. The Balaban J connectivity index is 1.97. The number of rotatable bonds is 6. The number of anilines is 1. The summed E-state index contributed by atoms with van der Waals surface area (Å²) in [7, 11) is 3.93. The SMILES string of the molecule is CCCCn1nc(C)cc1NC(=O)N1CCC[C@](O)(CN(C)C)CC1. The summed E-state index contributed by atoms with van der Waals surface area (Å²) < 4.78 is 1.87. The van der Waals surface area contributed by atoms with Gasteiger partial charge in [-0.25, -0.2) is 9.48 Å². The first-order valence-corrected chi connectivity index (χ1v) is 9.30. The lowest BCUT2D eigenvalue weighted by molar-refractivity contribution is 0.00361. The Hall–Kier alpha value is -1.60. The Kier molecular flexibility index (Phi) is 6.84. The molecule has 1 atom stereocenters. The van der Waals surface area contributed by atoms with E-state index in [1.54, 1.807) is 4.90 Å². The second-order valence-electron chi connectivity index (χ2n) is 7.48. The molecule has 1 aliphatic heterocycles. The first-order valence-electron chi connectivity index (χ1n) is 9.30. The highest BCUT2D eigenvalue weighted by Gasteiger charge is 2.32. The topological polar surface area (TPSA) is 73.6 Å². The second-order valence-corrected chi connectivity index (χ2v) is 7.48. The van der Waals surface area contributed by atoms with Crippen LogP contribution in [0.25, 0.3) is 0 Å². The molecule has 1 aromatic heterocycles. The molecule has 0 radical (unpaired) electrons. The van der Waals surface area contributed by atoms with Gasteiger partial charge in [0, 0.05) is 32.2 Å². The molecular formula is C18H33N5O2. The Bertz CT molecular complexity index is 572. The van der Waals surface area contributed by atoms with Crippen molar-refractivity contribution in [2.24, 2.45) is 0 Å². The van der Waals surface area contributed by atoms with Crippen molar-refractivity contribution < 1.29 is 9.90 Å². The monoisotopic (exact) mass is 351 g/mol. The lowest BCUT2D eigenvalue weighted by atomic mass is 9.94. The predicted octanol–water partition coefficient (Wildman–Crippen LogP) is 2.30. The van der Waals surface area contributed by atoms with Crippen molar-refractivity contribution in [1.82, 2.24) is 19.6 Å². The minimum atomic E-state index is -0.710. The lowest BCUT2D eigenvalue weighted by Crippen LogP contribution is -2.42. The number of aliphatic hydroxyl groups is 1. The van der Waals surface area contributed by atoms with Gasteiger partial charge in [-0.05, 0) is 46.7 Å². The summed E-state index contributed by atoms with van der Waals surface area (Å²) in [5.74, 6) is 0.753. The first kappa shape index (κ1) is 19.7. The van der Waals surface area contributed by atoms with Gasteiger partial charge < -0.3 is 14.9 Å². The number of aromatic nitrogens is 2. The molecule has 0 aliphatic carbocycles. The summed E-state index contributed by atoms with van der Waals surface area (Å²) in [5.41, 5.74) is 0.195. The minimum Gasteiger partial charge on any atom is -0.388 e. The van der Waals surface area contributed by atoms with Crippen LogP contribution >= 0.6 is 0 Å². The quantitative estimate of drug-likeness (QED) is 0.825. The summed E-state index contributed by atoms with van der Waals surface area (Å²) >= 11 is 0. The lowest BCUT2D eigenvalue weighted by Gasteiger charge is -2.29. The standard InChI is InChI=1S/C18H33N5O2/c1-5-6-11-23-16(13-15(2)20-23)19-17(24)22-10-7-8-18(25,9-12-22)14-21(3)4/h13,25H,5-12,14H2,1-4H3,(H,19,24)/t18-/m1/s1. The van der Waals surface area contributed by atoms with Crippen LogP contribution in [0.3, 0.4) is 0 Å². The van der Waals surface area contributed by atoms with Gasteiger partial charge in [-0.1, -0.05) is 13.3 Å². The van der Waals surface area contributed by atoms with Gasteiger partial charge in [0.15, 0.2) is 0 Å². The zero-order valence-electron chi connectivity index (χ0n) is 16.1. The van der Waals surface area contributed by atoms with Gasteiger partial charge in [0.05, 0.1) is 11.3 Å². The number of carbonyl (C=O) groups excluding carboxylic acids is 1. The number of aryl methyl sites for hydroxylation is 2. The number of carbonyl (C=O) groups is 1. The molecule has 7 nitrogen and oxygen atoms in total. The van der Waals surface area contributed by atoms with Crippen LogP contribution in [-0.2, 0) is 6.54 Å². The summed E-state index contributed by atoms with van der Waals surface area (Å²) in [5, 5.41) is 18.2. The molecule has 2 rings (SSSR count). The van der Waals surface area contributed by atoms with Crippen molar-refractivity contribution in [3.63, 3.8) is 0 Å². The van der Waals surface area contributed by atoms with E-state index in [-0.39, 0.29) is 6.03 Å². The number of urea groups is 1. The molecule has 142 valence electrons. The van der Waals surface area contributed by atoms with E-state index >= 15 is 0 Å². The third kappa shape index (κ3) is 5.71. The number of nitrogens with one attached hydrogen (secondary N) is 1. The molecule has 2 heterocycles. The van der Waals surface area contributed by atoms with Crippen molar-refractivity contribution in [2.75, 3.05) is 39.0 Å². The largest absolute Gasteiger partial charge is 0.388 e. The number of likely N-dealkylation sites (tertiary alicyclic amines) is 1. The Morgan fingerprint density at radius 1 is 1.40 bits per heavy atom. The molecule has 0 unspecified atom stereocenters. The van der Waals surface area contributed by atoms with E-state index in [4.69, 9.17) is 0 Å². The molecule has 1 aliphatic rings. The van der Waals surface area contributed by atoms with E-state index in [1.807, 2.05) is 36.7 Å². The Morgan fingerprint density at radius 3 is 2.84 bits per heavy atom. The molecule has 1 aromatic rings. The minimum absolute atomic E-state index is 0.105. The van der Waals surface area contributed by atoms with Crippen molar-refractivity contribution >= 4 is 11.8 Å². The summed E-state index contributed by atoms with van der Waals surface area (Å²) in [4.78, 5) is 16.5. The van der Waals surface area contributed by atoms with E-state index < -0.39 is 5.60 Å². The Labute approximate surface area is 151 Å². The maximum atomic E-state index is 12.7. The normalized spacial score (nSPS) is 21.4. The smallest absolute Gasteiger partial charge is 0.323 e. The van der Waals surface area contributed by atoms with Crippen molar-refractivity contribution in [3.05, 3.63) is 11.8 Å². The number of amides is 2. The van der Waals surface area contributed by atoms with Gasteiger partial charge in [-0.15, -0.1) is 0 Å². The number of unbranched alkanes of at least 4 members (excludes halogenated alkanes) is 1. The molecule has 0 spiro atoms. The fourth-order valence-electron chi connectivity index (χ4n) is 3.44. The van der Waals surface area contributed by atoms with Crippen LogP contribution in [0, 0.1) is 6.92 Å². The van der Waals surface area contributed by atoms with Gasteiger partial charge >= 0.3 is 6.03 Å². The van der Waals surface area contributed by atoms with E-state index in [0.717, 1.165) is 43.7 Å². The fraction of sp³-hybridized carbons (Fsp3) is 0.778. The van der Waals surface area contributed by atoms with Crippen molar-refractivity contribution in [1.29, 1.82) is 0 Å². The van der Waals surface area contributed by atoms with Crippen LogP contribution in [0.5, 0.6) is 0 Å². The molecule has 2 amide bonds. The third-order valence-corrected chi connectivity index (χ3v) is 4.68. The molecular weight excluding hydrogens is 318 g/mol. The maximum absolute atomic E-state index is 12.7. The fourth-order valence-corrected chi connectivity index (χ4v) is 3.44. The van der Waals surface area contributed by atoms with E-state index in [0.29, 0.717) is 26.1 Å². The molecule has 1 fully saturated rings. The van der Waals surface area contributed by atoms with Crippen molar-refractivity contribution in [2.45, 2.75) is 58.1 Å². The molecule has 0 bridgehead atoms. The zero-order valence-corrected chi connectivity index (χ0v) is 16.1. The summed E-state index contributed by atoms with van der Waals surface area (Å²) in [6.07, 6.45) is 4.26. The second kappa shape index (κ2) is 8.67. The average molecular weight is 351 g/mol. The third-order valence-electron chi connectivity index (χ3n) is 4.68. The molecule has 0 aromatic carbocycles. The van der Waals surface area contributed by atoms with E-state index in [1.165, 1.54) is 0 Å². The van der Waals surface area contributed by atoms with Crippen molar-refractivity contribution in [3.8, 4) is 0 Å². The summed E-state index contributed by atoms with van der Waals surface area (Å²) in [6, 6.07) is 1.81. The Morgan fingerprint density at radius 2 is 2.16 bits per heavy atom. The van der Waals surface area contributed by atoms with Gasteiger partial charge in [-0.2, -0.15) is 5.10 Å². The van der Waals surface area contributed by atoms with Crippen LogP contribution in [0.4, 0.5) is 10.6 Å². The van der Waals surface area contributed by atoms with Gasteiger partial charge in [0.1, 0.15) is 5.82 Å². The zero-order chi connectivity index (χ0) is 18.4. The number of hydrogen-bond donors (Lipinski definition) is 2. The number of likely N-dealkylation sites (N-methyl/N-ethyl adjacent to an activating group) is 1. The van der Waals surface area contributed by atoms with E-state index in [2.05, 4.69) is 17.3 Å².